The molecule has 1 saturated carbocycles. The minimum atomic E-state index is 0. The zero-order valence-corrected chi connectivity index (χ0v) is 11.1. The molecule has 4 nitrogen and oxygen atoms in total. The average Bonchev–Trinajstić information content (AvgIpc) is 3.00. The van der Waals surface area contributed by atoms with Crippen LogP contribution in [0.3, 0.4) is 0 Å². The lowest BCUT2D eigenvalue weighted by molar-refractivity contribution is -0.125. The Morgan fingerprint density at radius 2 is 2.12 bits per heavy atom. The summed E-state index contributed by atoms with van der Waals surface area (Å²) >= 11 is 0. The Morgan fingerprint density at radius 1 is 1.50 bits per heavy atom. The molecule has 0 aromatic heterocycles. The highest BCUT2D eigenvalue weighted by molar-refractivity contribution is 5.85. The van der Waals surface area contributed by atoms with Gasteiger partial charge in [-0.05, 0) is 25.8 Å². The van der Waals surface area contributed by atoms with E-state index in [9.17, 15) is 4.79 Å². The van der Waals surface area contributed by atoms with E-state index in [4.69, 9.17) is 4.74 Å². The van der Waals surface area contributed by atoms with E-state index < -0.39 is 0 Å². The fraction of sp³-hybridized carbons (Fsp3) is 0.909. The summed E-state index contributed by atoms with van der Waals surface area (Å²) in [5.41, 5.74) is 0. The highest BCUT2D eigenvalue weighted by Gasteiger charge is 2.32. The molecular formula is C11H23ClN2O2. The number of hydrogen-bond donors (Lipinski definition) is 2. The lowest BCUT2D eigenvalue weighted by Crippen LogP contribution is -2.44. The van der Waals surface area contributed by atoms with Gasteiger partial charge in [0.1, 0.15) is 0 Å². The maximum Gasteiger partial charge on any atom is 0.224 e. The molecule has 1 fully saturated rings. The highest BCUT2D eigenvalue weighted by Crippen LogP contribution is 2.32. The molecule has 0 aliphatic heterocycles. The smallest absolute Gasteiger partial charge is 0.224 e. The van der Waals surface area contributed by atoms with Crippen LogP contribution in [0, 0.1) is 11.8 Å². The first-order valence-corrected chi connectivity index (χ1v) is 5.63. The van der Waals surface area contributed by atoms with Crippen molar-refractivity contribution in [1.29, 1.82) is 0 Å². The van der Waals surface area contributed by atoms with Crippen LogP contribution in [0.2, 0.25) is 0 Å². The Bertz CT molecular complexity index is 210. The van der Waals surface area contributed by atoms with E-state index in [0.717, 1.165) is 6.54 Å². The molecule has 16 heavy (non-hydrogen) atoms. The molecule has 0 saturated heterocycles. The number of carbonyl (C=O) groups is 1. The zero-order valence-electron chi connectivity index (χ0n) is 10.3. The molecule has 1 aliphatic rings. The summed E-state index contributed by atoms with van der Waals surface area (Å²) in [4.78, 5) is 11.7. The SMILES string of the molecule is CNCC(C)C(=O)NC(COC)C1CC1.Cl. The molecule has 96 valence electrons. The number of ether oxygens (including phenoxy) is 1. The van der Waals surface area contributed by atoms with Gasteiger partial charge in [-0.25, -0.2) is 0 Å². The summed E-state index contributed by atoms with van der Waals surface area (Å²) in [6.07, 6.45) is 2.43. The van der Waals surface area contributed by atoms with E-state index in [2.05, 4.69) is 10.6 Å². The van der Waals surface area contributed by atoms with Crippen LogP contribution in [0.1, 0.15) is 19.8 Å². The number of carbonyl (C=O) groups excluding carboxylic acids is 1. The Morgan fingerprint density at radius 3 is 2.56 bits per heavy atom. The molecular weight excluding hydrogens is 228 g/mol. The number of amides is 1. The molecule has 1 amide bonds. The van der Waals surface area contributed by atoms with Crippen molar-refractivity contribution in [1.82, 2.24) is 10.6 Å². The Kier molecular flexibility index (Phi) is 7.72. The summed E-state index contributed by atoms with van der Waals surface area (Å²) in [5.74, 6) is 0.780. The first kappa shape index (κ1) is 15.7. The zero-order chi connectivity index (χ0) is 11.3. The van der Waals surface area contributed by atoms with E-state index in [1.807, 2.05) is 14.0 Å². The van der Waals surface area contributed by atoms with Gasteiger partial charge in [0.15, 0.2) is 0 Å². The van der Waals surface area contributed by atoms with E-state index in [1.165, 1.54) is 12.8 Å². The van der Waals surface area contributed by atoms with Crippen LogP contribution in [0.15, 0.2) is 0 Å². The van der Waals surface area contributed by atoms with E-state index >= 15 is 0 Å². The first-order valence-electron chi connectivity index (χ1n) is 5.63. The van der Waals surface area contributed by atoms with Gasteiger partial charge in [0.05, 0.1) is 12.6 Å². The van der Waals surface area contributed by atoms with Crippen molar-refractivity contribution in [2.45, 2.75) is 25.8 Å². The van der Waals surface area contributed by atoms with Gasteiger partial charge in [-0.3, -0.25) is 4.79 Å². The monoisotopic (exact) mass is 250 g/mol. The van der Waals surface area contributed by atoms with Gasteiger partial charge in [0.25, 0.3) is 0 Å². The van der Waals surface area contributed by atoms with Crippen LogP contribution in [0.25, 0.3) is 0 Å². The van der Waals surface area contributed by atoms with Gasteiger partial charge in [0, 0.05) is 19.6 Å². The second-order valence-corrected chi connectivity index (χ2v) is 4.37. The van der Waals surface area contributed by atoms with Crippen molar-refractivity contribution < 1.29 is 9.53 Å². The van der Waals surface area contributed by atoms with Crippen LogP contribution >= 0.6 is 12.4 Å². The number of methoxy groups -OCH3 is 1. The quantitative estimate of drug-likeness (QED) is 0.703. The number of hydrogen-bond acceptors (Lipinski definition) is 3. The molecule has 1 aliphatic carbocycles. The third-order valence-corrected chi connectivity index (χ3v) is 2.82. The number of rotatable bonds is 7. The number of halogens is 1. The predicted octanol–water partition coefficient (Wildman–Crippen LogP) is 0.805. The second-order valence-electron chi connectivity index (χ2n) is 4.37. The van der Waals surface area contributed by atoms with Crippen LogP contribution < -0.4 is 10.6 Å². The topological polar surface area (TPSA) is 50.4 Å². The summed E-state index contributed by atoms with van der Waals surface area (Å²) < 4.78 is 5.12. The van der Waals surface area contributed by atoms with Crippen LogP contribution in [0.4, 0.5) is 0 Å². The van der Waals surface area contributed by atoms with Crippen molar-refractivity contribution in [3.05, 3.63) is 0 Å². The van der Waals surface area contributed by atoms with Gasteiger partial charge < -0.3 is 15.4 Å². The average molecular weight is 251 g/mol. The summed E-state index contributed by atoms with van der Waals surface area (Å²) in [6.45, 7) is 3.28. The van der Waals surface area contributed by atoms with E-state index in [1.54, 1.807) is 7.11 Å². The van der Waals surface area contributed by atoms with Crippen molar-refractivity contribution in [2.75, 3.05) is 27.3 Å². The molecule has 2 N–H and O–H groups in total. The predicted molar refractivity (Wildman–Crippen MR) is 66.9 cm³/mol. The fourth-order valence-electron chi connectivity index (χ4n) is 1.70. The molecule has 0 aromatic rings. The second kappa shape index (κ2) is 7.87. The van der Waals surface area contributed by atoms with Gasteiger partial charge in [-0.15, -0.1) is 12.4 Å². The van der Waals surface area contributed by atoms with Crippen molar-refractivity contribution in [3.63, 3.8) is 0 Å². The van der Waals surface area contributed by atoms with Crippen LogP contribution in [0.5, 0.6) is 0 Å². The normalized spacial score (nSPS) is 18.4. The minimum Gasteiger partial charge on any atom is -0.383 e. The molecule has 0 radical (unpaired) electrons. The Balaban J connectivity index is 0.00000225. The lowest BCUT2D eigenvalue weighted by Gasteiger charge is -2.20. The van der Waals surface area contributed by atoms with Gasteiger partial charge in [-0.2, -0.15) is 0 Å². The third kappa shape index (κ3) is 5.14. The van der Waals surface area contributed by atoms with Crippen molar-refractivity contribution in [2.24, 2.45) is 11.8 Å². The van der Waals surface area contributed by atoms with E-state index in [0.29, 0.717) is 12.5 Å². The first-order chi connectivity index (χ1) is 7.19. The molecule has 0 spiro atoms. The summed E-state index contributed by atoms with van der Waals surface area (Å²) in [6, 6.07) is 0.210. The summed E-state index contributed by atoms with van der Waals surface area (Å²) in [7, 11) is 3.54. The van der Waals surface area contributed by atoms with Crippen LogP contribution in [-0.4, -0.2) is 39.3 Å². The summed E-state index contributed by atoms with van der Waals surface area (Å²) in [5, 5.41) is 6.07. The Hall–Kier alpha value is -0.320. The minimum absolute atomic E-state index is 0. The molecule has 0 aromatic carbocycles. The molecule has 2 unspecified atom stereocenters. The molecule has 2 atom stereocenters. The standard InChI is InChI=1S/C11H22N2O2.ClH/c1-8(6-12-2)11(14)13-10(7-15-3)9-4-5-9;/h8-10,12H,4-7H2,1-3H3,(H,13,14);1H. The molecule has 0 heterocycles. The van der Waals surface area contributed by atoms with Crippen LogP contribution in [-0.2, 0) is 9.53 Å². The molecule has 0 bridgehead atoms. The molecule has 1 rings (SSSR count). The fourth-order valence-corrected chi connectivity index (χ4v) is 1.70. The van der Waals surface area contributed by atoms with Crippen molar-refractivity contribution >= 4 is 18.3 Å². The highest BCUT2D eigenvalue weighted by atomic mass is 35.5. The molecule has 5 heteroatoms. The van der Waals surface area contributed by atoms with Gasteiger partial charge in [0.2, 0.25) is 5.91 Å². The largest absolute Gasteiger partial charge is 0.383 e. The third-order valence-electron chi connectivity index (χ3n) is 2.82. The Labute approximate surface area is 104 Å². The maximum absolute atomic E-state index is 11.7. The van der Waals surface area contributed by atoms with Crippen molar-refractivity contribution in [3.8, 4) is 0 Å². The van der Waals surface area contributed by atoms with Gasteiger partial charge >= 0.3 is 0 Å². The lowest BCUT2D eigenvalue weighted by atomic mass is 10.1. The van der Waals surface area contributed by atoms with Gasteiger partial charge in [-0.1, -0.05) is 6.92 Å². The number of nitrogens with one attached hydrogen (secondary N) is 2. The maximum atomic E-state index is 11.7. The van der Waals surface area contributed by atoms with E-state index in [-0.39, 0.29) is 30.3 Å².